The van der Waals surface area contributed by atoms with Gasteiger partial charge in [0.05, 0.1) is 17.5 Å². The van der Waals surface area contributed by atoms with Crippen molar-refractivity contribution >= 4 is 11.9 Å². The zero-order valence-electron chi connectivity index (χ0n) is 18.2. The Morgan fingerprint density at radius 3 is 2.29 bits per heavy atom. The maximum Gasteiger partial charge on any atom is 0.325 e. The van der Waals surface area contributed by atoms with Crippen molar-refractivity contribution in [1.29, 1.82) is 0 Å². The number of nitrogens with one attached hydrogen (secondary N) is 1. The highest BCUT2D eigenvalue weighted by molar-refractivity contribution is 5.96. The minimum absolute atomic E-state index is 0.0597. The first-order valence-corrected chi connectivity index (χ1v) is 10.1. The molecule has 1 heterocycles. The number of amides is 1. The van der Waals surface area contributed by atoms with Crippen LogP contribution in [0.15, 0.2) is 54.6 Å². The van der Waals surface area contributed by atoms with Crippen molar-refractivity contribution in [2.45, 2.75) is 40.4 Å². The quantitative estimate of drug-likeness (QED) is 0.560. The van der Waals surface area contributed by atoms with E-state index in [2.05, 4.69) is 10.4 Å². The Balaban J connectivity index is 1.45. The average molecular weight is 421 g/mol. The summed E-state index contributed by atoms with van der Waals surface area (Å²) in [4.78, 5) is 24.2. The van der Waals surface area contributed by atoms with Crippen LogP contribution in [0.3, 0.4) is 0 Å². The van der Waals surface area contributed by atoms with Gasteiger partial charge in [0.25, 0.3) is 5.91 Å². The van der Waals surface area contributed by atoms with Gasteiger partial charge in [0.1, 0.15) is 18.9 Å². The smallest absolute Gasteiger partial charge is 0.325 e. The number of aryl methyl sites for hydroxylation is 2. The molecule has 0 spiro atoms. The maximum atomic E-state index is 12.2. The van der Waals surface area contributed by atoms with Gasteiger partial charge in [-0.2, -0.15) is 5.10 Å². The van der Waals surface area contributed by atoms with Gasteiger partial charge >= 0.3 is 5.97 Å². The first-order valence-electron chi connectivity index (χ1n) is 10.1. The van der Waals surface area contributed by atoms with Gasteiger partial charge in [-0.25, -0.2) is 4.68 Å². The SMILES string of the molecule is Cc1cc(C)n(-c2ccc(COC(=O)CNC(=O)c3ccc(OC(C)C)cc3)cc2)n1. The van der Waals surface area contributed by atoms with Crippen LogP contribution in [-0.2, 0) is 16.1 Å². The Morgan fingerprint density at radius 1 is 1.03 bits per heavy atom. The number of carbonyl (C=O) groups is 2. The molecule has 1 aromatic heterocycles. The molecule has 2 aromatic carbocycles. The molecule has 0 saturated heterocycles. The maximum absolute atomic E-state index is 12.2. The highest BCUT2D eigenvalue weighted by Gasteiger charge is 2.10. The van der Waals surface area contributed by atoms with Crippen molar-refractivity contribution in [3.63, 3.8) is 0 Å². The average Bonchev–Trinajstić information content (AvgIpc) is 3.09. The van der Waals surface area contributed by atoms with E-state index in [-0.39, 0.29) is 25.2 Å². The summed E-state index contributed by atoms with van der Waals surface area (Å²) in [5.41, 5.74) is 4.25. The van der Waals surface area contributed by atoms with Crippen LogP contribution >= 0.6 is 0 Å². The van der Waals surface area contributed by atoms with E-state index in [1.807, 2.05) is 62.7 Å². The van der Waals surface area contributed by atoms with E-state index in [9.17, 15) is 9.59 Å². The van der Waals surface area contributed by atoms with E-state index in [1.54, 1.807) is 24.3 Å². The van der Waals surface area contributed by atoms with Crippen LogP contribution in [0.25, 0.3) is 5.69 Å². The number of carbonyl (C=O) groups excluding carboxylic acids is 2. The molecule has 0 fully saturated rings. The lowest BCUT2D eigenvalue weighted by Crippen LogP contribution is -2.30. The molecule has 1 amide bonds. The number of nitrogens with zero attached hydrogens (tertiary/aromatic N) is 2. The summed E-state index contributed by atoms with van der Waals surface area (Å²) in [6.07, 6.45) is 0.0597. The molecule has 3 rings (SSSR count). The molecule has 0 aliphatic heterocycles. The Kier molecular flexibility index (Phi) is 7.07. The Hall–Kier alpha value is -3.61. The number of esters is 1. The molecule has 31 heavy (non-hydrogen) atoms. The third-order valence-corrected chi connectivity index (χ3v) is 4.47. The molecular formula is C24H27N3O4. The van der Waals surface area contributed by atoms with Crippen molar-refractivity contribution in [3.05, 3.63) is 77.1 Å². The molecule has 7 heteroatoms. The third kappa shape index (κ3) is 6.18. The highest BCUT2D eigenvalue weighted by Crippen LogP contribution is 2.15. The second kappa shape index (κ2) is 9.93. The van der Waals surface area contributed by atoms with Crippen molar-refractivity contribution in [2.75, 3.05) is 6.54 Å². The third-order valence-electron chi connectivity index (χ3n) is 4.47. The molecule has 1 N–H and O–H groups in total. The van der Waals surface area contributed by atoms with E-state index in [1.165, 1.54) is 0 Å². The Bertz CT molecular complexity index is 1040. The van der Waals surface area contributed by atoms with Crippen LogP contribution in [0.1, 0.15) is 41.2 Å². The molecule has 0 aliphatic rings. The lowest BCUT2D eigenvalue weighted by Gasteiger charge is -2.10. The monoisotopic (exact) mass is 421 g/mol. The van der Waals surface area contributed by atoms with Gasteiger partial charge in [-0.05, 0) is 75.7 Å². The summed E-state index contributed by atoms with van der Waals surface area (Å²) in [6.45, 7) is 7.74. The lowest BCUT2D eigenvalue weighted by atomic mass is 10.2. The van der Waals surface area contributed by atoms with Crippen LogP contribution in [0, 0.1) is 13.8 Å². The van der Waals surface area contributed by atoms with E-state index >= 15 is 0 Å². The second-order valence-corrected chi connectivity index (χ2v) is 7.54. The zero-order valence-corrected chi connectivity index (χ0v) is 18.2. The molecule has 0 aliphatic carbocycles. The van der Waals surface area contributed by atoms with Crippen LogP contribution < -0.4 is 10.1 Å². The molecule has 162 valence electrons. The van der Waals surface area contributed by atoms with E-state index in [4.69, 9.17) is 9.47 Å². The zero-order chi connectivity index (χ0) is 22.4. The summed E-state index contributed by atoms with van der Waals surface area (Å²) in [5, 5.41) is 7.02. The Morgan fingerprint density at radius 2 is 1.71 bits per heavy atom. The number of rotatable bonds is 8. The first-order chi connectivity index (χ1) is 14.8. The van der Waals surface area contributed by atoms with Crippen LogP contribution in [0.5, 0.6) is 5.75 Å². The van der Waals surface area contributed by atoms with Gasteiger partial charge in [-0.3, -0.25) is 9.59 Å². The minimum Gasteiger partial charge on any atom is -0.491 e. The van der Waals surface area contributed by atoms with Crippen molar-refractivity contribution in [2.24, 2.45) is 0 Å². The summed E-state index contributed by atoms with van der Waals surface area (Å²) in [5.74, 6) is -0.159. The fourth-order valence-electron chi connectivity index (χ4n) is 3.05. The number of ether oxygens (including phenoxy) is 2. The molecule has 0 unspecified atom stereocenters. The number of hydrogen-bond acceptors (Lipinski definition) is 5. The predicted octanol–water partition coefficient (Wildman–Crippen LogP) is 3.75. The fraction of sp³-hybridized carbons (Fsp3) is 0.292. The van der Waals surface area contributed by atoms with Crippen molar-refractivity contribution in [3.8, 4) is 11.4 Å². The van der Waals surface area contributed by atoms with Gasteiger partial charge in [-0.15, -0.1) is 0 Å². The molecule has 0 bridgehead atoms. The summed E-state index contributed by atoms with van der Waals surface area (Å²) in [7, 11) is 0. The highest BCUT2D eigenvalue weighted by atomic mass is 16.5. The molecule has 3 aromatic rings. The minimum atomic E-state index is -0.504. The predicted molar refractivity (Wildman–Crippen MR) is 117 cm³/mol. The second-order valence-electron chi connectivity index (χ2n) is 7.54. The largest absolute Gasteiger partial charge is 0.491 e. The standard InChI is InChI=1S/C24H27N3O4/c1-16(2)31-22-11-7-20(8-12-22)24(29)25-14-23(28)30-15-19-5-9-21(10-6-19)27-18(4)13-17(3)26-27/h5-13,16H,14-15H2,1-4H3,(H,25,29). The van der Waals surface area contributed by atoms with E-state index in [0.717, 1.165) is 22.6 Å². The van der Waals surface area contributed by atoms with Gasteiger partial charge < -0.3 is 14.8 Å². The van der Waals surface area contributed by atoms with E-state index < -0.39 is 5.97 Å². The fourth-order valence-corrected chi connectivity index (χ4v) is 3.05. The van der Waals surface area contributed by atoms with Crippen LogP contribution in [0.2, 0.25) is 0 Å². The van der Waals surface area contributed by atoms with Crippen LogP contribution in [-0.4, -0.2) is 34.3 Å². The van der Waals surface area contributed by atoms with Crippen molar-refractivity contribution in [1.82, 2.24) is 15.1 Å². The number of hydrogen-bond donors (Lipinski definition) is 1. The summed E-state index contributed by atoms with van der Waals surface area (Å²) >= 11 is 0. The number of benzene rings is 2. The molecule has 7 nitrogen and oxygen atoms in total. The molecule has 0 atom stereocenters. The summed E-state index contributed by atoms with van der Waals surface area (Å²) < 4.78 is 12.7. The van der Waals surface area contributed by atoms with Crippen LogP contribution in [0.4, 0.5) is 0 Å². The number of aromatic nitrogens is 2. The topological polar surface area (TPSA) is 82.5 Å². The lowest BCUT2D eigenvalue weighted by molar-refractivity contribution is -0.143. The summed E-state index contributed by atoms with van der Waals surface area (Å²) in [6, 6.07) is 16.4. The van der Waals surface area contributed by atoms with E-state index in [0.29, 0.717) is 11.3 Å². The molecule has 0 saturated carbocycles. The van der Waals surface area contributed by atoms with Gasteiger partial charge in [0.2, 0.25) is 0 Å². The van der Waals surface area contributed by atoms with Gasteiger partial charge in [-0.1, -0.05) is 12.1 Å². The molecular weight excluding hydrogens is 394 g/mol. The normalized spacial score (nSPS) is 10.7. The van der Waals surface area contributed by atoms with Gasteiger partial charge in [0.15, 0.2) is 0 Å². The molecule has 0 radical (unpaired) electrons. The van der Waals surface area contributed by atoms with Gasteiger partial charge in [0, 0.05) is 11.3 Å². The Labute approximate surface area is 182 Å². The first kappa shape index (κ1) is 22.1. The van der Waals surface area contributed by atoms with Crippen molar-refractivity contribution < 1.29 is 19.1 Å².